The Kier molecular flexibility index (Phi) is 5.10. The lowest BCUT2D eigenvalue weighted by Gasteiger charge is -2.10. The number of aromatic amines is 1. The average molecular weight is 279 g/mol. The lowest BCUT2D eigenvalue weighted by molar-refractivity contribution is 0.261. The van der Waals surface area contributed by atoms with E-state index < -0.39 is 0 Å². The molecule has 1 N–H and O–H groups in total. The fraction of sp³-hybridized carbons (Fsp3) is 0.500. The predicted molar refractivity (Wildman–Crippen MR) is 81.2 cm³/mol. The lowest BCUT2D eigenvalue weighted by Crippen LogP contribution is -2.19. The molecule has 2 rings (SSSR count). The van der Waals surface area contributed by atoms with Crippen molar-refractivity contribution in [2.24, 2.45) is 0 Å². The fourth-order valence-electron chi connectivity index (χ4n) is 1.67. The van der Waals surface area contributed by atoms with Crippen molar-refractivity contribution in [3.05, 3.63) is 18.2 Å². The summed E-state index contributed by atoms with van der Waals surface area (Å²) in [4.78, 5) is 9.98. The van der Waals surface area contributed by atoms with E-state index in [0.29, 0.717) is 6.61 Å². The van der Waals surface area contributed by atoms with Crippen molar-refractivity contribution in [3.8, 4) is 5.75 Å². The Morgan fingerprint density at radius 2 is 2.21 bits per heavy atom. The molecule has 0 aliphatic heterocycles. The summed E-state index contributed by atoms with van der Waals surface area (Å²) in [6, 6.07) is 6.01. The van der Waals surface area contributed by atoms with Crippen LogP contribution in [0.2, 0.25) is 0 Å². The molecule has 0 atom stereocenters. The van der Waals surface area contributed by atoms with Crippen molar-refractivity contribution in [1.82, 2.24) is 14.9 Å². The van der Waals surface area contributed by atoms with Gasteiger partial charge < -0.3 is 14.6 Å². The van der Waals surface area contributed by atoms with Gasteiger partial charge in [-0.15, -0.1) is 0 Å². The van der Waals surface area contributed by atoms with Crippen LogP contribution in [0.15, 0.2) is 23.4 Å². The van der Waals surface area contributed by atoms with Crippen molar-refractivity contribution in [1.29, 1.82) is 0 Å². The van der Waals surface area contributed by atoms with Crippen LogP contribution in [0.5, 0.6) is 5.75 Å². The van der Waals surface area contributed by atoms with Crippen LogP contribution in [-0.4, -0.2) is 47.9 Å². The molecule has 1 heterocycles. The molecule has 0 fully saturated rings. The largest absolute Gasteiger partial charge is 0.492 e. The van der Waals surface area contributed by atoms with Gasteiger partial charge in [-0.2, -0.15) is 0 Å². The Morgan fingerprint density at radius 1 is 1.37 bits per heavy atom. The summed E-state index contributed by atoms with van der Waals surface area (Å²) < 4.78 is 5.72. The molecule has 0 aliphatic rings. The van der Waals surface area contributed by atoms with E-state index in [9.17, 15) is 0 Å². The number of rotatable bonds is 7. The highest BCUT2D eigenvalue weighted by Crippen LogP contribution is 2.23. The molecule has 0 aliphatic carbocycles. The number of imidazole rings is 1. The number of benzene rings is 1. The van der Waals surface area contributed by atoms with Crippen molar-refractivity contribution in [2.75, 3.05) is 33.0 Å². The third kappa shape index (κ3) is 4.14. The minimum Gasteiger partial charge on any atom is -0.492 e. The smallest absolute Gasteiger partial charge is 0.166 e. The van der Waals surface area contributed by atoms with E-state index in [-0.39, 0.29) is 0 Å². The number of likely N-dealkylation sites (N-methyl/N-ethyl adjacent to an activating group) is 1. The van der Waals surface area contributed by atoms with Crippen LogP contribution in [0.3, 0.4) is 0 Å². The molecule has 0 saturated carbocycles. The van der Waals surface area contributed by atoms with Crippen LogP contribution in [-0.2, 0) is 0 Å². The predicted octanol–water partition coefficient (Wildman–Crippen LogP) is 3.01. The molecule has 4 nitrogen and oxygen atoms in total. The maximum atomic E-state index is 5.72. The zero-order valence-corrected chi connectivity index (χ0v) is 12.6. The van der Waals surface area contributed by atoms with Crippen LogP contribution in [0.4, 0.5) is 0 Å². The van der Waals surface area contributed by atoms with Gasteiger partial charge in [0.25, 0.3) is 0 Å². The van der Waals surface area contributed by atoms with Crippen molar-refractivity contribution in [2.45, 2.75) is 18.5 Å². The number of thioether (sulfide) groups is 1. The molecule has 19 heavy (non-hydrogen) atoms. The second-order valence-corrected chi connectivity index (χ2v) is 5.80. The maximum absolute atomic E-state index is 5.72. The summed E-state index contributed by atoms with van der Waals surface area (Å²) in [7, 11) is 4.08. The number of nitrogens with one attached hydrogen (secondary N) is 1. The molecule has 0 saturated heterocycles. The van der Waals surface area contributed by atoms with Crippen molar-refractivity contribution in [3.63, 3.8) is 0 Å². The first kappa shape index (κ1) is 14.2. The number of H-pyrrole nitrogens is 1. The van der Waals surface area contributed by atoms with Gasteiger partial charge in [0.2, 0.25) is 0 Å². The third-order valence-electron chi connectivity index (χ3n) is 2.68. The number of aromatic nitrogens is 2. The highest BCUT2D eigenvalue weighted by atomic mass is 32.2. The first-order valence-electron chi connectivity index (χ1n) is 6.59. The minimum atomic E-state index is 0.698. The minimum absolute atomic E-state index is 0.698. The van der Waals surface area contributed by atoms with Gasteiger partial charge in [0.15, 0.2) is 5.16 Å². The Hall–Kier alpha value is -1.20. The van der Waals surface area contributed by atoms with E-state index in [0.717, 1.165) is 40.7 Å². The van der Waals surface area contributed by atoms with Gasteiger partial charge in [-0.05, 0) is 32.6 Å². The molecule has 0 unspecified atom stereocenters. The van der Waals surface area contributed by atoms with E-state index >= 15 is 0 Å². The molecule has 0 amide bonds. The zero-order chi connectivity index (χ0) is 13.7. The summed E-state index contributed by atoms with van der Waals surface area (Å²) in [5.41, 5.74) is 2.04. The molecule has 0 bridgehead atoms. The van der Waals surface area contributed by atoms with Crippen LogP contribution in [0, 0.1) is 0 Å². The van der Waals surface area contributed by atoms with Gasteiger partial charge in [0.1, 0.15) is 12.4 Å². The Balaban J connectivity index is 2.03. The van der Waals surface area contributed by atoms with Gasteiger partial charge in [-0.25, -0.2) is 4.98 Å². The quantitative estimate of drug-likeness (QED) is 0.791. The van der Waals surface area contributed by atoms with Gasteiger partial charge in [-0.3, -0.25) is 0 Å². The van der Waals surface area contributed by atoms with Crippen molar-refractivity contribution < 1.29 is 4.74 Å². The van der Waals surface area contributed by atoms with Crippen LogP contribution >= 0.6 is 11.8 Å². The van der Waals surface area contributed by atoms with Crippen LogP contribution < -0.4 is 4.74 Å². The third-order valence-corrected chi connectivity index (χ3v) is 3.76. The number of hydrogen-bond donors (Lipinski definition) is 1. The van der Waals surface area contributed by atoms with Gasteiger partial charge in [0.05, 0.1) is 11.0 Å². The first-order valence-corrected chi connectivity index (χ1v) is 7.57. The standard InChI is InChI=1S/C14H21N3OS/c1-4-9-19-14-15-12-6-5-11(10-13(12)16-14)18-8-7-17(2)3/h5-6,10H,4,7-9H2,1-3H3,(H,15,16). The SMILES string of the molecule is CCCSc1nc2ccc(OCCN(C)C)cc2[nH]1. The highest BCUT2D eigenvalue weighted by Gasteiger charge is 2.04. The normalized spacial score (nSPS) is 11.4. The van der Waals surface area contributed by atoms with Gasteiger partial charge in [-0.1, -0.05) is 18.7 Å². The van der Waals surface area contributed by atoms with E-state index in [2.05, 4.69) is 21.8 Å². The summed E-state index contributed by atoms with van der Waals surface area (Å²) in [6.07, 6.45) is 1.15. The molecule has 5 heteroatoms. The average Bonchev–Trinajstić information content (AvgIpc) is 2.78. The Bertz CT molecular complexity index is 524. The monoisotopic (exact) mass is 279 g/mol. The number of hydrogen-bond acceptors (Lipinski definition) is 4. The Labute approximate surface area is 118 Å². The molecular weight excluding hydrogens is 258 g/mol. The topological polar surface area (TPSA) is 41.1 Å². The van der Waals surface area contributed by atoms with E-state index in [1.807, 2.05) is 32.3 Å². The molecule has 1 aromatic carbocycles. The number of fused-ring (bicyclic) bond motifs is 1. The molecule has 104 valence electrons. The van der Waals surface area contributed by atoms with E-state index in [4.69, 9.17) is 4.74 Å². The van der Waals surface area contributed by atoms with Gasteiger partial charge in [0, 0.05) is 18.4 Å². The molecular formula is C14H21N3OS. The molecule has 0 spiro atoms. The highest BCUT2D eigenvalue weighted by molar-refractivity contribution is 7.99. The maximum Gasteiger partial charge on any atom is 0.166 e. The number of ether oxygens (including phenoxy) is 1. The van der Waals surface area contributed by atoms with E-state index in [1.54, 1.807) is 11.8 Å². The summed E-state index contributed by atoms with van der Waals surface area (Å²) in [5, 5.41) is 0.988. The molecule has 2 aromatic rings. The fourth-order valence-corrected chi connectivity index (χ4v) is 2.41. The summed E-state index contributed by atoms with van der Waals surface area (Å²) in [5.74, 6) is 1.98. The van der Waals surface area contributed by atoms with Crippen LogP contribution in [0.25, 0.3) is 11.0 Å². The second kappa shape index (κ2) is 6.82. The first-order chi connectivity index (χ1) is 9.19. The van der Waals surface area contributed by atoms with Crippen LogP contribution in [0.1, 0.15) is 13.3 Å². The van der Waals surface area contributed by atoms with Gasteiger partial charge >= 0.3 is 0 Å². The molecule has 1 aromatic heterocycles. The van der Waals surface area contributed by atoms with E-state index in [1.165, 1.54) is 0 Å². The molecule has 0 radical (unpaired) electrons. The van der Waals surface area contributed by atoms with Crippen molar-refractivity contribution >= 4 is 22.8 Å². The summed E-state index contributed by atoms with van der Waals surface area (Å²) >= 11 is 1.76. The Morgan fingerprint density at radius 3 is 2.95 bits per heavy atom. The number of nitrogens with zero attached hydrogens (tertiary/aromatic N) is 2. The second-order valence-electron chi connectivity index (χ2n) is 4.72. The lowest BCUT2D eigenvalue weighted by atomic mass is 10.3. The summed E-state index contributed by atoms with van der Waals surface area (Å²) in [6.45, 7) is 3.79. The zero-order valence-electron chi connectivity index (χ0n) is 11.8.